The number of nitrogens with zero attached hydrogens (tertiary/aromatic N) is 1. The van der Waals surface area contributed by atoms with Gasteiger partial charge in [-0.2, -0.15) is 0 Å². The molecule has 1 amide bonds. The molecule has 0 aromatic heterocycles. The van der Waals surface area contributed by atoms with Crippen LogP contribution in [-0.2, 0) is 4.79 Å². The highest BCUT2D eigenvalue weighted by Gasteiger charge is 2.31. The lowest BCUT2D eigenvalue weighted by atomic mass is 10.1. The van der Waals surface area contributed by atoms with Gasteiger partial charge in [-0.3, -0.25) is 4.79 Å². The second kappa shape index (κ2) is 4.55. The molecule has 3 nitrogen and oxygen atoms in total. The molecule has 0 radical (unpaired) electrons. The Labute approximate surface area is 105 Å². The van der Waals surface area contributed by atoms with Gasteiger partial charge < -0.3 is 10.2 Å². The predicted molar refractivity (Wildman–Crippen MR) is 66.6 cm³/mol. The normalized spacial score (nSPS) is 18.9. The Balaban J connectivity index is 2.48. The summed E-state index contributed by atoms with van der Waals surface area (Å²) in [6.45, 7) is 6.14. The van der Waals surface area contributed by atoms with Crippen LogP contribution in [0.4, 0.5) is 20.2 Å². The first-order chi connectivity index (χ1) is 8.40. The van der Waals surface area contributed by atoms with Crippen LogP contribution in [0.2, 0.25) is 0 Å². The van der Waals surface area contributed by atoms with E-state index in [0.29, 0.717) is 17.9 Å². The fourth-order valence-corrected chi connectivity index (χ4v) is 2.08. The van der Waals surface area contributed by atoms with Crippen molar-refractivity contribution in [2.75, 3.05) is 16.8 Å². The van der Waals surface area contributed by atoms with Gasteiger partial charge in [0.25, 0.3) is 0 Å². The van der Waals surface area contributed by atoms with Gasteiger partial charge in [0.1, 0.15) is 6.04 Å². The lowest BCUT2D eigenvalue weighted by Crippen LogP contribution is -2.47. The summed E-state index contributed by atoms with van der Waals surface area (Å²) >= 11 is 0. The van der Waals surface area contributed by atoms with Crippen LogP contribution in [0, 0.1) is 17.6 Å². The molecular formula is C13H16F2N2O. The van der Waals surface area contributed by atoms with E-state index in [0.717, 1.165) is 12.1 Å². The van der Waals surface area contributed by atoms with Gasteiger partial charge in [0.15, 0.2) is 11.6 Å². The molecule has 0 fully saturated rings. The Bertz CT molecular complexity index is 488. The topological polar surface area (TPSA) is 32.3 Å². The van der Waals surface area contributed by atoms with Crippen molar-refractivity contribution in [2.24, 2.45) is 5.92 Å². The van der Waals surface area contributed by atoms with E-state index < -0.39 is 17.7 Å². The van der Waals surface area contributed by atoms with Crippen molar-refractivity contribution in [3.63, 3.8) is 0 Å². The standard InChI is InChI=1S/C13H16F2N2O/c1-7(2)6-17-12-5-10(15)9(14)4-11(12)16-8(3)13(17)18/h4-5,7-8,16H,6H2,1-3H3. The Morgan fingerprint density at radius 2 is 1.94 bits per heavy atom. The zero-order valence-corrected chi connectivity index (χ0v) is 10.6. The maximum absolute atomic E-state index is 13.3. The van der Waals surface area contributed by atoms with Crippen LogP contribution in [0.25, 0.3) is 0 Å². The molecule has 1 heterocycles. The van der Waals surface area contributed by atoms with Gasteiger partial charge in [0.05, 0.1) is 11.4 Å². The molecule has 0 saturated carbocycles. The van der Waals surface area contributed by atoms with Crippen molar-refractivity contribution in [3.05, 3.63) is 23.8 Å². The van der Waals surface area contributed by atoms with Crippen molar-refractivity contribution in [2.45, 2.75) is 26.8 Å². The summed E-state index contributed by atoms with van der Waals surface area (Å²) in [5.74, 6) is -1.72. The predicted octanol–water partition coefficient (Wildman–Crippen LogP) is 2.77. The summed E-state index contributed by atoms with van der Waals surface area (Å²) in [5, 5.41) is 2.88. The highest BCUT2D eigenvalue weighted by Crippen LogP contribution is 2.33. The summed E-state index contributed by atoms with van der Waals surface area (Å²) < 4.78 is 26.5. The van der Waals surface area contributed by atoms with Crippen LogP contribution >= 0.6 is 0 Å². The first-order valence-electron chi connectivity index (χ1n) is 5.97. The molecule has 0 saturated heterocycles. The van der Waals surface area contributed by atoms with E-state index in [-0.39, 0.29) is 11.8 Å². The van der Waals surface area contributed by atoms with Crippen LogP contribution in [0.1, 0.15) is 20.8 Å². The number of hydrogen-bond acceptors (Lipinski definition) is 2. The van der Waals surface area contributed by atoms with E-state index in [9.17, 15) is 13.6 Å². The van der Waals surface area contributed by atoms with Gasteiger partial charge in [-0.1, -0.05) is 13.8 Å². The molecule has 2 rings (SSSR count). The second-order valence-electron chi connectivity index (χ2n) is 4.99. The summed E-state index contributed by atoms with van der Waals surface area (Å²) in [7, 11) is 0. The monoisotopic (exact) mass is 254 g/mol. The Hall–Kier alpha value is -1.65. The van der Waals surface area contributed by atoms with E-state index in [4.69, 9.17) is 0 Å². The minimum atomic E-state index is -0.938. The largest absolute Gasteiger partial charge is 0.372 e. The number of anilines is 2. The molecule has 1 aliphatic heterocycles. The van der Waals surface area contributed by atoms with Crippen molar-refractivity contribution >= 4 is 17.3 Å². The molecule has 18 heavy (non-hydrogen) atoms. The van der Waals surface area contributed by atoms with Crippen LogP contribution in [0.5, 0.6) is 0 Å². The fraction of sp³-hybridized carbons (Fsp3) is 0.462. The van der Waals surface area contributed by atoms with Gasteiger partial charge in [-0.15, -0.1) is 0 Å². The van der Waals surface area contributed by atoms with E-state index in [2.05, 4.69) is 5.32 Å². The molecule has 0 aliphatic carbocycles. The molecule has 1 N–H and O–H groups in total. The van der Waals surface area contributed by atoms with E-state index in [1.807, 2.05) is 13.8 Å². The van der Waals surface area contributed by atoms with Crippen molar-refractivity contribution in [3.8, 4) is 0 Å². The summed E-state index contributed by atoms with van der Waals surface area (Å²) in [6.07, 6.45) is 0. The molecule has 1 atom stereocenters. The number of carbonyl (C=O) groups is 1. The summed E-state index contributed by atoms with van der Waals surface area (Å²) in [4.78, 5) is 13.6. The number of halogens is 2. The molecule has 0 spiro atoms. The first kappa shape index (κ1) is 12.8. The Morgan fingerprint density at radius 1 is 1.33 bits per heavy atom. The van der Waals surface area contributed by atoms with Gasteiger partial charge in [-0.05, 0) is 12.8 Å². The fourth-order valence-electron chi connectivity index (χ4n) is 2.08. The molecule has 98 valence electrons. The number of rotatable bonds is 2. The van der Waals surface area contributed by atoms with Crippen LogP contribution < -0.4 is 10.2 Å². The molecule has 1 aromatic carbocycles. The molecule has 1 aliphatic rings. The zero-order valence-electron chi connectivity index (χ0n) is 10.6. The third-order valence-electron chi connectivity index (χ3n) is 2.89. The second-order valence-corrected chi connectivity index (χ2v) is 4.99. The maximum Gasteiger partial charge on any atom is 0.249 e. The minimum absolute atomic E-state index is 0.123. The maximum atomic E-state index is 13.3. The summed E-state index contributed by atoms with van der Waals surface area (Å²) in [6, 6.07) is 1.74. The van der Waals surface area contributed by atoms with Gasteiger partial charge in [0, 0.05) is 18.7 Å². The number of nitrogens with one attached hydrogen (secondary N) is 1. The molecule has 0 bridgehead atoms. The summed E-state index contributed by atoms with van der Waals surface area (Å²) in [5.41, 5.74) is 0.868. The minimum Gasteiger partial charge on any atom is -0.372 e. The van der Waals surface area contributed by atoms with E-state index in [1.54, 1.807) is 6.92 Å². The highest BCUT2D eigenvalue weighted by molar-refractivity contribution is 6.04. The van der Waals surface area contributed by atoms with Crippen LogP contribution in [-0.4, -0.2) is 18.5 Å². The van der Waals surface area contributed by atoms with Gasteiger partial charge in [-0.25, -0.2) is 8.78 Å². The van der Waals surface area contributed by atoms with Crippen molar-refractivity contribution < 1.29 is 13.6 Å². The number of hydrogen-bond donors (Lipinski definition) is 1. The molecule has 5 heteroatoms. The quantitative estimate of drug-likeness (QED) is 0.880. The van der Waals surface area contributed by atoms with Gasteiger partial charge >= 0.3 is 0 Å². The van der Waals surface area contributed by atoms with Crippen molar-refractivity contribution in [1.29, 1.82) is 0 Å². The van der Waals surface area contributed by atoms with Crippen LogP contribution in [0.3, 0.4) is 0 Å². The lowest BCUT2D eigenvalue weighted by Gasteiger charge is -2.35. The Kier molecular flexibility index (Phi) is 3.24. The third kappa shape index (κ3) is 2.17. The third-order valence-corrected chi connectivity index (χ3v) is 2.89. The average molecular weight is 254 g/mol. The molecule has 1 unspecified atom stereocenters. The molecular weight excluding hydrogens is 238 g/mol. The number of fused-ring (bicyclic) bond motifs is 1. The highest BCUT2D eigenvalue weighted by atomic mass is 19.2. The first-order valence-corrected chi connectivity index (χ1v) is 5.97. The number of carbonyl (C=O) groups excluding carboxylic acids is 1. The number of benzene rings is 1. The average Bonchev–Trinajstić information content (AvgIpc) is 2.28. The SMILES string of the molecule is CC(C)CN1C(=O)C(C)Nc2cc(F)c(F)cc21. The number of amides is 1. The van der Waals surface area contributed by atoms with Crippen LogP contribution in [0.15, 0.2) is 12.1 Å². The lowest BCUT2D eigenvalue weighted by molar-refractivity contribution is -0.119. The molecule has 1 aromatic rings. The Morgan fingerprint density at radius 3 is 2.56 bits per heavy atom. The van der Waals surface area contributed by atoms with E-state index in [1.165, 1.54) is 4.90 Å². The van der Waals surface area contributed by atoms with E-state index >= 15 is 0 Å². The zero-order chi connectivity index (χ0) is 13.4. The smallest absolute Gasteiger partial charge is 0.249 e. The van der Waals surface area contributed by atoms with Gasteiger partial charge in [0.2, 0.25) is 5.91 Å². The van der Waals surface area contributed by atoms with Crippen molar-refractivity contribution in [1.82, 2.24) is 0 Å².